The number of hydrogen-bond donors (Lipinski definition) is 1. The van der Waals surface area contributed by atoms with E-state index in [0.29, 0.717) is 6.61 Å². The summed E-state index contributed by atoms with van der Waals surface area (Å²) in [6.07, 6.45) is 2.17. The van der Waals surface area contributed by atoms with Crippen molar-refractivity contribution in [2.75, 3.05) is 20.3 Å². The van der Waals surface area contributed by atoms with Crippen molar-refractivity contribution >= 4 is 6.08 Å². The molecule has 112 valence electrons. The van der Waals surface area contributed by atoms with E-state index in [0.717, 1.165) is 23.6 Å². The fourth-order valence-corrected chi connectivity index (χ4v) is 1.79. The van der Waals surface area contributed by atoms with Crippen molar-refractivity contribution in [2.45, 2.75) is 40.2 Å². The lowest BCUT2D eigenvalue weighted by atomic mass is 10.1. The Morgan fingerprint density at radius 3 is 2.50 bits per heavy atom. The first-order chi connectivity index (χ1) is 9.35. The first kappa shape index (κ1) is 16.6. The van der Waals surface area contributed by atoms with Crippen LogP contribution in [0.2, 0.25) is 0 Å². The fourth-order valence-electron chi connectivity index (χ4n) is 1.79. The van der Waals surface area contributed by atoms with Crippen molar-refractivity contribution in [1.82, 2.24) is 5.32 Å². The van der Waals surface area contributed by atoms with Gasteiger partial charge in [-0.2, -0.15) is 0 Å². The van der Waals surface area contributed by atoms with E-state index in [1.807, 2.05) is 25.1 Å². The number of rotatable bonds is 6. The van der Waals surface area contributed by atoms with Crippen LogP contribution in [0.5, 0.6) is 11.5 Å². The molecule has 1 N–H and O–H groups in total. The largest absolute Gasteiger partial charge is 0.493 e. The highest BCUT2D eigenvalue weighted by molar-refractivity contribution is 5.58. The Bertz CT molecular complexity index is 459. The van der Waals surface area contributed by atoms with Crippen LogP contribution in [0.4, 0.5) is 0 Å². The van der Waals surface area contributed by atoms with Gasteiger partial charge in [0.15, 0.2) is 11.5 Å². The van der Waals surface area contributed by atoms with Gasteiger partial charge < -0.3 is 14.8 Å². The predicted molar refractivity (Wildman–Crippen MR) is 85.6 cm³/mol. The Hall–Kier alpha value is -1.48. The standard InChI is InChI=1S/C17H27NO2/c1-7-20-16-11-14(8-9-15(16)19-6)10-13(2)12-18-17(3,4)5/h8-11,18H,7,12H2,1-6H3. The van der Waals surface area contributed by atoms with Crippen LogP contribution < -0.4 is 14.8 Å². The number of ether oxygens (including phenoxy) is 2. The van der Waals surface area contributed by atoms with Crippen LogP contribution in [0.15, 0.2) is 23.8 Å². The molecular weight excluding hydrogens is 250 g/mol. The molecule has 1 rings (SSSR count). The van der Waals surface area contributed by atoms with Crippen LogP contribution in [0.25, 0.3) is 6.08 Å². The molecule has 0 aliphatic heterocycles. The molecule has 1 aromatic carbocycles. The van der Waals surface area contributed by atoms with Gasteiger partial charge in [0.25, 0.3) is 0 Å². The molecule has 20 heavy (non-hydrogen) atoms. The fraction of sp³-hybridized carbons (Fsp3) is 0.529. The second-order valence-corrected chi connectivity index (χ2v) is 5.94. The highest BCUT2D eigenvalue weighted by atomic mass is 16.5. The minimum Gasteiger partial charge on any atom is -0.493 e. The van der Waals surface area contributed by atoms with Crippen LogP contribution >= 0.6 is 0 Å². The summed E-state index contributed by atoms with van der Waals surface area (Å²) in [6, 6.07) is 6.01. The van der Waals surface area contributed by atoms with Gasteiger partial charge in [-0.1, -0.05) is 17.7 Å². The second-order valence-electron chi connectivity index (χ2n) is 5.94. The van der Waals surface area contributed by atoms with Crippen molar-refractivity contribution in [3.8, 4) is 11.5 Å². The lowest BCUT2D eigenvalue weighted by Crippen LogP contribution is -2.36. The van der Waals surface area contributed by atoms with E-state index in [2.05, 4.69) is 39.1 Å². The molecule has 0 heterocycles. The number of hydrogen-bond acceptors (Lipinski definition) is 3. The summed E-state index contributed by atoms with van der Waals surface area (Å²) in [5.74, 6) is 1.56. The monoisotopic (exact) mass is 277 g/mol. The molecule has 0 fully saturated rings. The van der Waals surface area contributed by atoms with Crippen molar-refractivity contribution in [3.63, 3.8) is 0 Å². The maximum Gasteiger partial charge on any atom is 0.161 e. The summed E-state index contributed by atoms with van der Waals surface area (Å²) >= 11 is 0. The van der Waals surface area contributed by atoms with Gasteiger partial charge in [-0.25, -0.2) is 0 Å². The Morgan fingerprint density at radius 2 is 1.95 bits per heavy atom. The van der Waals surface area contributed by atoms with Crippen LogP contribution in [0.3, 0.4) is 0 Å². The van der Waals surface area contributed by atoms with Crippen LogP contribution in [0.1, 0.15) is 40.2 Å². The smallest absolute Gasteiger partial charge is 0.161 e. The molecule has 0 aliphatic carbocycles. The minimum absolute atomic E-state index is 0.130. The van der Waals surface area contributed by atoms with Crippen molar-refractivity contribution in [3.05, 3.63) is 29.3 Å². The van der Waals surface area contributed by atoms with Gasteiger partial charge in [0, 0.05) is 12.1 Å². The number of methoxy groups -OCH3 is 1. The van der Waals surface area contributed by atoms with E-state index in [1.165, 1.54) is 5.57 Å². The second kappa shape index (κ2) is 7.34. The molecule has 0 unspecified atom stereocenters. The summed E-state index contributed by atoms with van der Waals surface area (Å²) in [5.41, 5.74) is 2.54. The molecule has 0 aromatic heterocycles. The molecule has 0 saturated carbocycles. The third kappa shape index (κ3) is 5.66. The Morgan fingerprint density at radius 1 is 1.25 bits per heavy atom. The molecule has 0 atom stereocenters. The Balaban J connectivity index is 2.83. The van der Waals surface area contributed by atoms with Gasteiger partial charge in [0.2, 0.25) is 0 Å². The van der Waals surface area contributed by atoms with E-state index in [-0.39, 0.29) is 5.54 Å². The summed E-state index contributed by atoms with van der Waals surface area (Å²) in [7, 11) is 1.66. The molecule has 3 nitrogen and oxygen atoms in total. The van der Waals surface area contributed by atoms with E-state index >= 15 is 0 Å². The maximum atomic E-state index is 5.59. The minimum atomic E-state index is 0.130. The third-order valence-electron chi connectivity index (χ3n) is 2.80. The quantitative estimate of drug-likeness (QED) is 0.856. The highest BCUT2D eigenvalue weighted by Crippen LogP contribution is 2.28. The van der Waals surface area contributed by atoms with Gasteiger partial charge in [-0.15, -0.1) is 0 Å². The first-order valence-corrected chi connectivity index (χ1v) is 7.08. The van der Waals surface area contributed by atoms with Crippen LogP contribution in [-0.4, -0.2) is 25.8 Å². The van der Waals surface area contributed by atoms with E-state index in [9.17, 15) is 0 Å². The molecular formula is C17H27NO2. The van der Waals surface area contributed by atoms with E-state index in [4.69, 9.17) is 9.47 Å². The lowest BCUT2D eigenvalue weighted by Gasteiger charge is -2.20. The average Bonchev–Trinajstić information content (AvgIpc) is 2.36. The zero-order valence-corrected chi connectivity index (χ0v) is 13.5. The van der Waals surface area contributed by atoms with Crippen molar-refractivity contribution < 1.29 is 9.47 Å². The first-order valence-electron chi connectivity index (χ1n) is 7.08. The van der Waals surface area contributed by atoms with Gasteiger partial charge in [-0.3, -0.25) is 0 Å². The summed E-state index contributed by atoms with van der Waals surface area (Å²) < 4.78 is 10.9. The zero-order valence-electron chi connectivity index (χ0n) is 13.5. The SMILES string of the molecule is CCOc1cc(C=C(C)CNC(C)(C)C)ccc1OC. The summed E-state index contributed by atoms with van der Waals surface area (Å²) in [4.78, 5) is 0. The average molecular weight is 277 g/mol. The molecule has 1 aromatic rings. The summed E-state index contributed by atoms with van der Waals surface area (Å²) in [5, 5.41) is 3.48. The predicted octanol–water partition coefficient (Wildman–Crippen LogP) is 3.89. The molecule has 0 amide bonds. The topological polar surface area (TPSA) is 30.5 Å². The molecule has 0 saturated heterocycles. The van der Waals surface area contributed by atoms with Crippen molar-refractivity contribution in [2.24, 2.45) is 0 Å². The summed E-state index contributed by atoms with van der Waals surface area (Å²) in [6.45, 7) is 12.1. The zero-order chi connectivity index (χ0) is 15.2. The Labute approximate surface area is 123 Å². The van der Waals surface area contributed by atoms with Gasteiger partial charge in [-0.05, 0) is 52.3 Å². The molecule has 3 heteroatoms. The molecule has 0 bridgehead atoms. The normalized spacial score (nSPS) is 12.4. The Kier molecular flexibility index (Phi) is 6.08. The van der Waals surface area contributed by atoms with E-state index in [1.54, 1.807) is 7.11 Å². The molecule has 0 radical (unpaired) electrons. The molecule has 0 spiro atoms. The van der Waals surface area contributed by atoms with Crippen molar-refractivity contribution in [1.29, 1.82) is 0 Å². The van der Waals surface area contributed by atoms with E-state index < -0.39 is 0 Å². The maximum absolute atomic E-state index is 5.59. The molecule has 0 aliphatic rings. The van der Waals surface area contributed by atoms with Crippen LogP contribution in [-0.2, 0) is 0 Å². The number of benzene rings is 1. The van der Waals surface area contributed by atoms with Gasteiger partial charge >= 0.3 is 0 Å². The number of nitrogens with one attached hydrogen (secondary N) is 1. The highest BCUT2D eigenvalue weighted by Gasteiger charge is 2.08. The van der Waals surface area contributed by atoms with Crippen LogP contribution in [0, 0.1) is 0 Å². The van der Waals surface area contributed by atoms with Gasteiger partial charge in [0.1, 0.15) is 0 Å². The third-order valence-corrected chi connectivity index (χ3v) is 2.80. The lowest BCUT2D eigenvalue weighted by molar-refractivity contribution is 0.311. The van der Waals surface area contributed by atoms with Gasteiger partial charge in [0.05, 0.1) is 13.7 Å².